The molecule has 0 saturated carbocycles. The van der Waals surface area contributed by atoms with Gasteiger partial charge in [0.1, 0.15) is 6.04 Å². The number of carbonyl (C=O) groups excluding carboxylic acids is 2. The van der Waals surface area contributed by atoms with Crippen LogP contribution in [-0.4, -0.2) is 44.8 Å². The molecule has 0 aromatic heterocycles. The van der Waals surface area contributed by atoms with Gasteiger partial charge in [-0.2, -0.15) is 0 Å². The van der Waals surface area contributed by atoms with Crippen LogP contribution in [0.2, 0.25) is 0 Å². The van der Waals surface area contributed by atoms with Gasteiger partial charge in [0.2, 0.25) is 15.9 Å². The zero-order chi connectivity index (χ0) is 22.3. The molecule has 8 nitrogen and oxygen atoms in total. The third-order valence-corrected chi connectivity index (χ3v) is 6.22. The smallest absolute Gasteiger partial charge is 0.315 e. The van der Waals surface area contributed by atoms with E-state index in [-0.39, 0.29) is 10.8 Å². The molecule has 0 aliphatic heterocycles. The Bertz CT molecular complexity index is 976. The highest BCUT2D eigenvalue weighted by Crippen LogP contribution is 2.18. The fourth-order valence-electron chi connectivity index (χ4n) is 2.67. The topological polar surface area (TPSA) is 108 Å². The highest BCUT2D eigenvalue weighted by Gasteiger charge is 2.25. The van der Waals surface area contributed by atoms with E-state index in [0.717, 1.165) is 9.87 Å². The monoisotopic (exact) mass is 432 g/mol. The van der Waals surface area contributed by atoms with Crippen LogP contribution in [0.4, 0.5) is 10.5 Å². The number of hydrogen-bond acceptors (Lipinski definition) is 4. The normalized spacial score (nSPS) is 12.5. The Labute approximate surface area is 177 Å². The summed E-state index contributed by atoms with van der Waals surface area (Å²) in [6.07, 6.45) is 0. The predicted octanol–water partition coefficient (Wildman–Crippen LogP) is 2.40. The van der Waals surface area contributed by atoms with Gasteiger partial charge in [0.15, 0.2) is 0 Å². The highest BCUT2D eigenvalue weighted by atomic mass is 32.2. The van der Waals surface area contributed by atoms with Crippen molar-refractivity contribution >= 4 is 27.6 Å². The molecule has 162 valence electrons. The number of anilines is 1. The first-order chi connectivity index (χ1) is 14.1. The third kappa shape index (κ3) is 6.30. The van der Waals surface area contributed by atoms with Crippen LogP contribution in [0, 0.1) is 5.92 Å². The Balaban J connectivity index is 2.04. The summed E-state index contributed by atoms with van der Waals surface area (Å²) < 4.78 is 25.7. The summed E-state index contributed by atoms with van der Waals surface area (Å²) >= 11 is 0. The van der Waals surface area contributed by atoms with Crippen LogP contribution in [0.5, 0.6) is 0 Å². The molecule has 3 N–H and O–H groups in total. The lowest BCUT2D eigenvalue weighted by Gasteiger charge is -2.22. The minimum atomic E-state index is -3.62. The van der Waals surface area contributed by atoms with Crippen molar-refractivity contribution in [2.75, 3.05) is 19.4 Å². The number of sulfonamides is 1. The molecule has 0 spiro atoms. The molecule has 1 atom stereocenters. The second-order valence-corrected chi connectivity index (χ2v) is 9.49. The van der Waals surface area contributed by atoms with E-state index in [0.29, 0.717) is 12.2 Å². The molecule has 2 aromatic carbocycles. The maximum Gasteiger partial charge on any atom is 0.315 e. The number of nitrogens with zero attached hydrogens (tertiary/aromatic N) is 1. The lowest BCUT2D eigenvalue weighted by molar-refractivity contribution is -0.118. The summed E-state index contributed by atoms with van der Waals surface area (Å²) in [6.45, 7) is 3.97. The molecular formula is C21H28N4O4S. The van der Waals surface area contributed by atoms with E-state index in [1.54, 1.807) is 12.1 Å². The first-order valence-electron chi connectivity index (χ1n) is 9.53. The van der Waals surface area contributed by atoms with Crippen LogP contribution in [0.1, 0.15) is 19.4 Å². The van der Waals surface area contributed by atoms with Crippen molar-refractivity contribution in [3.63, 3.8) is 0 Å². The molecule has 0 heterocycles. The standard InChI is InChI=1S/C21H28N4O4S/c1-15(2)19(24-21(27)22-14-16-9-6-5-7-10-16)20(26)23-17-11-8-12-18(13-17)30(28,29)25(3)4/h5-13,15,19H,14H2,1-4H3,(H,23,26)(H2,22,24,27). The number of amides is 3. The Kier molecular flexibility index (Phi) is 7.96. The predicted molar refractivity (Wildman–Crippen MR) is 116 cm³/mol. The van der Waals surface area contributed by atoms with Crippen molar-refractivity contribution in [2.24, 2.45) is 5.92 Å². The van der Waals surface area contributed by atoms with Gasteiger partial charge in [-0.25, -0.2) is 17.5 Å². The first-order valence-corrected chi connectivity index (χ1v) is 11.0. The Morgan fingerprint density at radius 1 is 1.00 bits per heavy atom. The Morgan fingerprint density at radius 3 is 2.27 bits per heavy atom. The van der Waals surface area contributed by atoms with Gasteiger partial charge < -0.3 is 16.0 Å². The number of urea groups is 1. The van der Waals surface area contributed by atoms with Crippen molar-refractivity contribution in [3.05, 3.63) is 60.2 Å². The molecule has 9 heteroatoms. The minimum absolute atomic E-state index is 0.0694. The summed E-state index contributed by atoms with van der Waals surface area (Å²) in [5.41, 5.74) is 1.28. The molecule has 2 aromatic rings. The second-order valence-electron chi connectivity index (χ2n) is 7.34. The van der Waals surface area contributed by atoms with Gasteiger partial charge in [-0.15, -0.1) is 0 Å². The number of carbonyl (C=O) groups is 2. The van der Waals surface area contributed by atoms with E-state index < -0.39 is 28.0 Å². The van der Waals surface area contributed by atoms with Crippen molar-refractivity contribution in [2.45, 2.75) is 31.3 Å². The molecular weight excluding hydrogens is 404 g/mol. The summed E-state index contributed by atoms with van der Waals surface area (Å²) in [4.78, 5) is 25.1. The summed E-state index contributed by atoms with van der Waals surface area (Å²) in [5, 5.41) is 8.10. The van der Waals surface area contributed by atoms with Crippen LogP contribution in [-0.2, 0) is 21.4 Å². The molecule has 2 rings (SSSR count). The summed E-state index contributed by atoms with van der Waals surface area (Å²) in [6, 6.07) is 14.2. The average Bonchev–Trinajstić information content (AvgIpc) is 2.71. The molecule has 0 bridgehead atoms. The van der Waals surface area contributed by atoms with E-state index in [2.05, 4.69) is 16.0 Å². The summed E-state index contributed by atoms with van der Waals surface area (Å²) in [7, 11) is -0.746. The van der Waals surface area contributed by atoms with Gasteiger partial charge in [-0.1, -0.05) is 50.2 Å². The van der Waals surface area contributed by atoms with Crippen molar-refractivity contribution in [3.8, 4) is 0 Å². The highest BCUT2D eigenvalue weighted by molar-refractivity contribution is 7.89. The van der Waals surface area contributed by atoms with Crippen LogP contribution < -0.4 is 16.0 Å². The number of hydrogen-bond donors (Lipinski definition) is 3. The van der Waals surface area contributed by atoms with E-state index in [1.807, 2.05) is 44.2 Å². The fraction of sp³-hybridized carbons (Fsp3) is 0.333. The first kappa shape index (κ1) is 23.4. The molecule has 3 amide bonds. The maximum absolute atomic E-state index is 12.7. The molecule has 0 saturated heterocycles. The van der Waals surface area contributed by atoms with Gasteiger partial charge in [0.25, 0.3) is 0 Å². The number of nitrogens with one attached hydrogen (secondary N) is 3. The van der Waals surface area contributed by atoms with Gasteiger partial charge in [-0.3, -0.25) is 4.79 Å². The van der Waals surface area contributed by atoms with Crippen molar-refractivity contribution in [1.29, 1.82) is 0 Å². The van der Waals surface area contributed by atoms with E-state index >= 15 is 0 Å². The largest absolute Gasteiger partial charge is 0.334 e. The SMILES string of the molecule is CC(C)C(NC(=O)NCc1ccccc1)C(=O)Nc1cccc(S(=O)(=O)N(C)C)c1. The lowest BCUT2D eigenvalue weighted by atomic mass is 10.0. The van der Waals surface area contributed by atoms with Gasteiger partial charge >= 0.3 is 6.03 Å². The molecule has 0 fully saturated rings. The lowest BCUT2D eigenvalue weighted by Crippen LogP contribution is -2.50. The minimum Gasteiger partial charge on any atom is -0.334 e. The summed E-state index contributed by atoms with van der Waals surface area (Å²) in [5.74, 6) is -0.611. The third-order valence-electron chi connectivity index (χ3n) is 4.41. The Morgan fingerprint density at radius 2 is 1.67 bits per heavy atom. The van der Waals surface area contributed by atoms with Gasteiger partial charge in [0.05, 0.1) is 4.90 Å². The van der Waals surface area contributed by atoms with Crippen LogP contribution in [0.15, 0.2) is 59.5 Å². The fourth-order valence-corrected chi connectivity index (χ4v) is 3.62. The van der Waals surface area contributed by atoms with Gasteiger partial charge in [0, 0.05) is 26.3 Å². The van der Waals surface area contributed by atoms with E-state index in [4.69, 9.17) is 0 Å². The maximum atomic E-state index is 12.7. The van der Waals surface area contributed by atoms with Crippen LogP contribution >= 0.6 is 0 Å². The molecule has 1 unspecified atom stereocenters. The number of rotatable bonds is 8. The number of benzene rings is 2. The van der Waals surface area contributed by atoms with E-state index in [9.17, 15) is 18.0 Å². The van der Waals surface area contributed by atoms with E-state index in [1.165, 1.54) is 26.2 Å². The Hall–Kier alpha value is -2.91. The molecule has 30 heavy (non-hydrogen) atoms. The van der Waals surface area contributed by atoms with Crippen LogP contribution in [0.3, 0.4) is 0 Å². The van der Waals surface area contributed by atoms with Crippen molar-refractivity contribution in [1.82, 2.24) is 14.9 Å². The zero-order valence-electron chi connectivity index (χ0n) is 17.5. The average molecular weight is 433 g/mol. The zero-order valence-corrected chi connectivity index (χ0v) is 18.4. The quantitative estimate of drug-likeness (QED) is 0.595. The van der Waals surface area contributed by atoms with Gasteiger partial charge in [-0.05, 0) is 29.7 Å². The molecule has 0 aliphatic carbocycles. The molecule has 0 radical (unpaired) electrons. The molecule has 0 aliphatic rings. The van der Waals surface area contributed by atoms with Crippen molar-refractivity contribution < 1.29 is 18.0 Å². The van der Waals surface area contributed by atoms with Crippen LogP contribution in [0.25, 0.3) is 0 Å². The second kappa shape index (κ2) is 10.2.